The van der Waals surface area contributed by atoms with Crippen molar-refractivity contribution in [3.8, 4) is 0 Å². The van der Waals surface area contributed by atoms with E-state index in [1.165, 1.54) is 0 Å². The van der Waals surface area contributed by atoms with E-state index in [1.54, 1.807) is 6.92 Å². The normalized spacial score (nSPS) is 31.6. The van der Waals surface area contributed by atoms with E-state index in [1.807, 2.05) is 0 Å². The number of carbonyl (C=O) groups is 1. The summed E-state index contributed by atoms with van der Waals surface area (Å²) in [6, 6.07) is -0.817. The molecular weight excluding hydrogens is 257 g/mol. The van der Waals surface area contributed by atoms with Crippen molar-refractivity contribution in [2.75, 3.05) is 0 Å². The highest BCUT2D eigenvalue weighted by atomic mass is 19.4. The van der Waals surface area contributed by atoms with Crippen LogP contribution in [0.15, 0.2) is 0 Å². The quantitative estimate of drug-likeness (QED) is 0.832. The van der Waals surface area contributed by atoms with E-state index in [9.17, 15) is 18.0 Å². The molecule has 2 aliphatic rings. The van der Waals surface area contributed by atoms with Gasteiger partial charge in [0.15, 0.2) is 0 Å². The smallest absolute Gasteiger partial charge is 0.351 e. The zero-order valence-electron chi connectivity index (χ0n) is 11.1. The Hall–Kier alpha value is -0.780. The highest BCUT2D eigenvalue weighted by molar-refractivity contribution is 5.86. The maximum Gasteiger partial charge on any atom is 0.393 e. The van der Waals surface area contributed by atoms with Crippen molar-refractivity contribution < 1.29 is 18.0 Å². The fourth-order valence-electron chi connectivity index (χ4n) is 2.89. The first-order valence-electron chi connectivity index (χ1n) is 6.89. The fraction of sp³-hybridized carbons (Fsp3) is 0.923. The molecular formula is C13H21F3N2O. The molecule has 0 heterocycles. The molecule has 2 fully saturated rings. The van der Waals surface area contributed by atoms with Crippen LogP contribution in [0.1, 0.15) is 45.4 Å². The van der Waals surface area contributed by atoms with Crippen molar-refractivity contribution in [2.45, 2.75) is 63.2 Å². The number of carbonyl (C=O) groups excluding carboxylic acids is 1. The Balaban J connectivity index is 2.01. The second-order valence-electron chi connectivity index (χ2n) is 6.07. The number of hydrogen-bond acceptors (Lipinski definition) is 2. The number of nitrogens with two attached hydrogens (primary N) is 1. The average molecular weight is 278 g/mol. The maximum absolute atomic E-state index is 12.9. The van der Waals surface area contributed by atoms with Gasteiger partial charge in [-0.1, -0.05) is 12.8 Å². The van der Waals surface area contributed by atoms with Gasteiger partial charge < -0.3 is 11.1 Å². The molecule has 2 saturated carbocycles. The Kier molecular flexibility index (Phi) is 3.82. The van der Waals surface area contributed by atoms with E-state index in [4.69, 9.17) is 5.73 Å². The average Bonchev–Trinajstić information content (AvgIpc) is 3.12. The first kappa shape index (κ1) is 14.6. The Labute approximate surface area is 111 Å². The lowest BCUT2D eigenvalue weighted by atomic mass is 9.83. The third-order valence-electron chi connectivity index (χ3n) is 4.42. The molecule has 2 aliphatic carbocycles. The third-order valence-corrected chi connectivity index (χ3v) is 4.42. The molecule has 3 nitrogen and oxygen atoms in total. The molecule has 1 amide bonds. The fourth-order valence-corrected chi connectivity index (χ4v) is 2.89. The zero-order valence-corrected chi connectivity index (χ0v) is 11.1. The van der Waals surface area contributed by atoms with Gasteiger partial charge in [-0.05, 0) is 38.5 Å². The van der Waals surface area contributed by atoms with Crippen LogP contribution in [-0.2, 0) is 4.79 Å². The number of rotatable bonds is 3. The molecule has 6 heteroatoms. The van der Waals surface area contributed by atoms with Gasteiger partial charge in [0.05, 0.1) is 11.5 Å². The summed E-state index contributed by atoms with van der Waals surface area (Å²) in [4.78, 5) is 12.1. The third kappa shape index (κ3) is 3.22. The van der Waals surface area contributed by atoms with Crippen LogP contribution in [0, 0.1) is 11.8 Å². The zero-order chi connectivity index (χ0) is 14.3. The van der Waals surface area contributed by atoms with Gasteiger partial charge in [-0.15, -0.1) is 0 Å². The van der Waals surface area contributed by atoms with Crippen molar-refractivity contribution in [1.29, 1.82) is 0 Å². The number of amides is 1. The molecule has 0 aromatic carbocycles. The Bertz CT molecular complexity index is 350. The number of alkyl halides is 3. The summed E-state index contributed by atoms with van der Waals surface area (Å²) in [6.45, 7) is 1.62. The monoisotopic (exact) mass is 278 g/mol. The molecule has 3 N–H and O–H groups in total. The standard InChI is InChI=1S/C13H21F3N2O/c1-12(17,8-6-7-8)11(19)18-10-5-3-2-4-9(10)13(14,15)16/h8-10H,2-7,17H2,1H3,(H,18,19). The van der Waals surface area contributed by atoms with Crippen LogP contribution < -0.4 is 11.1 Å². The minimum Gasteiger partial charge on any atom is -0.351 e. The summed E-state index contributed by atoms with van der Waals surface area (Å²) in [5.74, 6) is -1.75. The Morgan fingerprint density at radius 3 is 2.26 bits per heavy atom. The number of hydrogen-bond donors (Lipinski definition) is 2. The maximum atomic E-state index is 12.9. The van der Waals surface area contributed by atoms with E-state index in [0.29, 0.717) is 12.8 Å². The van der Waals surface area contributed by atoms with E-state index in [0.717, 1.165) is 19.3 Å². The van der Waals surface area contributed by atoms with Crippen molar-refractivity contribution in [3.63, 3.8) is 0 Å². The highest BCUT2D eigenvalue weighted by Gasteiger charge is 2.49. The SMILES string of the molecule is CC(N)(C(=O)NC1CCCCC1C(F)(F)F)C1CC1. The Morgan fingerprint density at radius 2 is 1.74 bits per heavy atom. The second kappa shape index (κ2) is 4.96. The van der Waals surface area contributed by atoms with Gasteiger partial charge in [0.1, 0.15) is 0 Å². The topological polar surface area (TPSA) is 55.1 Å². The van der Waals surface area contributed by atoms with Crippen LogP contribution >= 0.6 is 0 Å². The van der Waals surface area contributed by atoms with E-state index in [-0.39, 0.29) is 12.3 Å². The van der Waals surface area contributed by atoms with Crippen LogP contribution in [0.4, 0.5) is 13.2 Å². The van der Waals surface area contributed by atoms with Crippen molar-refractivity contribution in [3.05, 3.63) is 0 Å². The molecule has 110 valence electrons. The van der Waals surface area contributed by atoms with E-state index in [2.05, 4.69) is 5.32 Å². The summed E-state index contributed by atoms with van der Waals surface area (Å²) in [5, 5.41) is 2.55. The lowest BCUT2D eigenvalue weighted by Gasteiger charge is -2.35. The lowest BCUT2D eigenvalue weighted by molar-refractivity contribution is -0.189. The molecule has 0 aromatic rings. The van der Waals surface area contributed by atoms with Crippen LogP contribution in [0.5, 0.6) is 0 Å². The molecule has 2 rings (SSSR count). The van der Waals surface area contributed by atoms with Gasteiger partial charge in [-0.3, -0.25) is 4.79 Å². The van der Waals surface area contributed by atoms with Crippen LogP contribution in [0.25, 0.3) is 0 Å². The molecule has 3 unspecified atom stereocenters. The molecule has 0 saturated heterocycles. The molecule has 0 aromatic heterocycles. The molecule has 0 aliphatic heterocycles. The summed E-state index contributed by atoms with van der Waals surface area (Å²) >= 11 is 0. The lowest BCUT2D eigenvalue weighted by Crippen LogP contribution is -2.58. The molecule has 0 spiro atoms. The van der Waals surface area contributed by atoms with Crippen molar-refractivity contribution >= 4 is 5.91 Å². The van der Waals surface area contributed by atoms with E-state index >= 15 is 0 Å². The highest BCUT2D eigenvalue weighted by Crippen LogP contribution is 2.40. The molecule has 19 heavy (non-hydrogen) atoms. The first-order chi connectivity index (χ1) is 8.73. The van der Waals surface area contributed by atoms with Crippen molar-refractivity contribution in [2.24, 2.45) is 17.6 Å². The summed E-state index contributed by atoms with van der Waals surface area (Å²) < 4.78 is 38.8. The van der Waals surface area contributed by atoms with Gasteiger partial charge in [-0.25, -0.2) is 0 Å². The second-order valence-corrected chi connectivity index (χ2v) is 6.07. The number of nitrogens with one attached hydrogen (secondary N) is 1. The predicted octanol–water partition coefficient (Wildman–Crippen LogP) is 2.35. The van der Waals surface area contributed by atoms with Gasteiger partial charge in [0.25, 0.3) is 0 Å². The van der Waals surface area contributed by atoms with Crippen LogP contribution in [0.3, 0.4) is 0 Å². The van der Waals surface area contributed by atoms with Crippen LogP contribution in [-0.4, -0.2) is 23.7 Å². The Morgan fingerprint density at radius 1 is 1.16 bits per heavy atom. The van der Waals surface area contributed by atoms with Crippen molar-refractivity contribution in [1.82, 2.24) is 5.32 Å². The summed E-state index contributed by atoms with van der Waals surface area (Å²) in [6.07, 6.45) is -0.707. The van der Waals surface area contributed by atoms with Gasteiger partial charge in [0.2, 0.25) is 5.91 Å². The van der Waals surface area contributed by atoms with Gasteiger partial charge >= 0.3 is 6.18 Å². The molecule has 0 radical (unpaired) electrons. The largest absolute Gasteiger partial charge is 0.393 e. The minimum absolute atomic E-state index is 0.0964. The van der Waals surface area contributed by atoms with Crippen LogP contribution in [0.2, 0.25) is 0 Å². The van der Waals surface area contributed by atoms with Gasteiger partial charge in [0, 0.05) is 6.04 Å². The number of halogens is 3. The first-order valence-corrected chi connectivity index (χ1v) is 6.89. The molecule has 3 atom stereocenters. The minimum atomic E-state index is -4.25. The molecule has 0 bridgehead atoms. The van der Waals surface area contributed by atoms with Gasteiger partial charge in [-0.2, -0.15) is 13.2 Å². The summed E-state index contributed by atoms with van der Waals surface area (Å²) in [7, 11) is 0. The van der Waals surface area contributed by atoms with E-state index < -0.39 is 29.6 Å². The summed E-state index contributed by atoms with van der Waals surface area (Å²) in [5.41, 5.74) is 4.91. The predicted molar refractivity (Wildman–Crippen MR) is 65.3 cm³/mol.